The summed E-state index contributed by atoms with van der Waals surface area (Å²) in [4.78, 5) is 4.22. The number of ether oxygens (including phenoxy) is 1. The molecule has 126 valence electrons. The van der Waals surface area contributed by atoms with Gasteiger partial charge in [0.15, 0.2) is 5.96 Å². The second kappa shape index (κ2) is 6.83. The second-order valence-corrected chi connectivity index (χ2v) is 6.38. The largest absolute Gasteiger partial charge is 0.373 e. The molecule has 4 unspecified atom stereocenters. The molecule has 1 aromatic carbocycles. The van der Waals surface area contributed by atoms with Gasteiger partial charge in [-0.05, 0) is 30.9 Å². The summed E-state index contributed by atoms with van der Waals surface area (Å²) in [6, 6.07) is 4.00. The highest BCUT2D eigenvalue weighted by Gasteiger charge is 2.41. The van der Waals surface area contributed by atoms with Crippen LogP contribution in [0.25, 0.3) is 0 Å². The normalized spacial score (nSPS) is 28.0. The van der Waals surface area contributed by atoms with E-state index < -0.39 is 11.6 Å². The van der Waals surface area contributed by atoms with Crippen LogP contribution in [0.15, 0.2) is 23.2 Å². The van der Waals surface area contributed by atoms with E-state index in [2.05, 4.69) is 15.6 Å². The van der Waals surface area contributed by atoms with E-state index in [0.29, 0.717) is 24.2 Å². The van der Waals surface area contributed by atoms with Gasteiger partial charge in [0.05, 0.1) is 18.2 Å². The summed E-state index contributed by atoms with van der Waals surface area (Å²) in [5.74, 6) is -0.463. The fourth-order valence-corrected chi connectivity index (χ4v) is 3.42. The maximum atomic E-state index is 13.8. The molecule has 2 heterocycles. The summed E-state index contributed by atoms with van der Waals surface area (Å²) in [5, 5.41) is 6.61. The number of halogens is 2. The Kier molecular flexibility index (Phi) is 4.80. The van der Waals surface area contributed by atoms with Crippen molar-refractivity contribution in [3.05, 3.63) is 35.4 Å². The standard InChI is InChI=1S/C17H23F2N3O/c1-10(13-5-3-11(18)7-14(13)19)9-21-17(20-2)22-15-8-12-4-6-16(15)23-12/h3,5,7,10,12,15-16H,4,6,8-9H2,1-2H3,(H2,20,21,22). The molecule has 2 bridgehead atoms. The van der Waals surface area contributed by atoms with Crippen molar-refractivity contribution in [1.29, 1.82) is 0 Å². The Morgan fingerprint density at radius 3 is 2.83 bits per heavy atom. The topological polar surface area (TPSA) is 45.7 Å². The van der Waals surface area contributed by atoms with Gasteiger partial charge < -0.3 is 15.4 Å². The first-order valence-corrected chi connectivity index (χ1v) is 8.14. The van der Waals surface area contributed by atoms with Gasteiger partial charge in [-0.15, -0.1) is 0 Å². The lowest BCUT2D eigenvalue weighted by Crippen LogP contribution is -2.48. The first-order chi connectivity index (χ1) is 11.1. The lowest BCUT2D eigenvalue weighted by molar-refractivity contribution is 0.0992. The van der Waals surface area contributed by atoms with Gasteiger partial charge >= 0.3 is 0 Å². The fraction of sp³-hybridized carbons (Fsp3) is 0.588. The molecule has 2 saturated heterocycles. The molecule has 23 heavy (non-hydrogen) atoms. The Labute approximate surface area is 135 Å². The Morgan fingerprint density at radius 2 is 2.22 bits per heavy atom. The predicted octanol–water partition coefficient (Wildman–Crippen LogP) is 2.55. The van der Waals surface area contributed by atoms with Gasteiger partial charge in [-0.2, -0.15) is 0 Å². The Bertz CT molecular complexity index is 593. The summed E-state index contributed by atoms with van der Waals surface area (Å²) in [5.41, 5.74) is 0.498. The number of rotatable bonds is 4. The van der Waals surface area contributed by atoms with Crippen LogP contribution in [0.5, 0.6) is 0 Å². The number of hydrogen-bond donors (Lipinski definition) is 2. The molecule has 0 aromatic heterocycles. The van der Waals surface area contributed by atoms with E-state index >= 15 is 0 Å². The third kappa shape index (κ3) is 3.63. The summed E-state index contributed by atoms with van der Waals surface area (Å²) < 4.78 is 32.6. The van der Waals surface area contributed by atoms with Gasteiger partial charge in [-0.25, -0.2) is 8.78 Å². The van der Waals surface area contributed by atoms with E-state index in [1.807, 2.05) is 6.92 Å². The zero-order valence-corrected chi connectivity index (χ0v) is 13.5. The fourth-order valence-electron chi connectivity index (χ4n) is 3.42. The average Bonchev–Trinajstić information content (AvgIpc) is 3.13. The van der Waals surface area contributed by atoms with Crippen LogP contribution in [0.3, 0.4) is 0 Å². The summed E-state index contributed by atoms with van der Waals surface area (Å²) in [7, 11) is 1.71. The van der Waals surface area contributed by atoms with Gasteiger partial charge in [0.1, 0.15) is 11.6 Å². The summed E-state index contributed by atoms with van der Waals surface area (Å²) >= 11 is 0. The highest BCUT2D eigenvalue weighted by atomic mass is 19.1. The van der Waals surface area contributed by atoms with Gasteiger partial charge in [-0.3, -0.25) is 4.99 Å². The molecule has 2 aliphatic heterocycles. The van der Waals surface area contributed by atoms with E-state index in [4.69, 9.17) is 4.74 Å². The number of benzene rings is 1. The highest BCUT2D eigenvalue weighted by Crippen LogP contribution is 2.34. The molecular formula is C17H23F2N3O. The molecule has 1 aromatic rings. The van der Waals surface area contributed by atoms with Crippen molar-refractivity contribution in [1.82, 2.24) is 10.6 Å². The van der Waals surface area contributed by atoms with Crippen molar-refractivity contribution in [3.63, 3.8) is 0 Å². The first-order valence-electron chi connectivity index (χ1n) is 8.14. The van der Waals surface area contributed by atoms with E-state index in [9.17, 15) is 8.78 Å². The lowest BCUT2D eigenvalue weighted by Gasteiger charge is -2.23. The van der Waals surface area contributed by atoms with Crippen molar-refractivity contribution in [2.75, 3.05) is 13.6 Å². The minimum absolute atomic E-state index is 0.0922. The minimum atomic E-state index is -0.555. The van der Waals surface area contributed by atoms with Gasteiger partial charge in [0.2, 0.25) is 0 Å². The molecule has 3 rings (SSSR count). The van der Waals surface area contributed by atoms with Gasteiger partial charge in [0, 0.05) is 25.6 Å². The van der Waals surface area contributed by atoms with E-state index in [1.165, 1.54) is 12.1 Å². The summed E-state index contributed by atoms with van der Waals surface area (Å²) in [6.07, 6.45) is 3.90. The molecule has 0 aliphatic carbocycles. The maximum Gasteiger partial charge on any atom is 0.191 e. The van der Waals surface area contributed by atoms with Crippen LogP contribution in [0, 0.1) is 11.6 Å². The Morgan fingerprint density at radius 1 is 1.39 bits per heavy atom. The zero-order valence-electron chi connectivity index (χ0n) is 13.5. The Hall–Kier alpha value is -1.69. The number of aliphatic imine (C=N–C) groups is 1. The Balaban J connectivity index is 1.53. The molecule has 2 fully saturated rings. The molecular weight excluding hydrogens is 300 g/mol. The first kappa shape index (κ1) is 16.2. The number of guanidine groups is 1. The molecule has 0 saturated carbocycles. The zero-order chi connectivity index (χ0) is 16.4. The van der Waals surface area contributed by atoms with E-state index in [1.54, 1.807) is 7.05 Å². The molecule has 6 heteroatoms. The number of nitrogens with zero attached hydrogens (tertiary/aromatic N) is 1. The molecule has 2 aliphatic rings. The van der Waals surface area contributed by atoms with E-state index in [-0.39, 0.29) is 18.1 Å². The van der Waals surface area contributed by atoms with Crippen LogP contribution in [0.4, 0.5) is 8.78 Å². The van der Waals surface area contributed by atoms with E-state index in [0.717, 1.165) is 25.3 Å². The summed E-state index contributed by atoms with van der Waals surface area (Å²) in [6.45, 7) is 2.42. The predicted molar refractivity (Wildman–Crippen MR) is 85.6 cm³/mol. The quantitative estimate of drug-likeness (QED) is 0.661. The minimum Gasteiger partial charge on any atom is -0.373 e. The molecule has 2 N–H and O–H groups in total. The van der Waals surface area contributed by atoms with Crippen LogP contribution >= 0.6 is 0 Å². The van der Waals surface area contributed by atoms with Crippen molar-refractivity contribution in [3.8, 4) is 0 Å². The molecule has 0 radical (unpaired) electrons. The maximum absolute atomic E-state index is 13.8. The van der Waals surface area contributed by atoms with Crippen LogP contribution in [-0.4, -0.2) is 37.8 Å². The van der Waals surface area contributed by atoms with Crippen LogP contribution in [-0.2, 0) is 4.74 Å². The SMILES string of the molecule is CN=C(NCC(C)c1ccc(F)cc1F)NC1CC2CCC1O2. The molecule has 4 nitrogen and oxygen atoms in total. The van der Waals surface area contributed by atoms with Crippen LogP contribution < -0.4 is 10.6 Å². The lowest BCUT2D eigenvalue weighted by atomic mass is 9.96. The van der Waals surface area contributed by atoms with Crippen molar-refractivity contribution in [2.45, 2.75) is 50.4 Å². The van der Waals surface area contributed by atoms with Crippen molar-refractivity contribution in [2.24, 2.45) is 4.99 Å². The van der Waals surface area contributed by atoms with Gasteiger partial charge in [-0.1, -0.05) is 13.0 Å². The monoisotopic (exact) mass is 323 g/mol. The van der Waals surface area contributed by atoms with Crippen molar-refractivity contribution < 1.29 is 13.5 Å². The van der Waals surface area contributed by atoms with Crippen LogP contribution in [0.2, 0.25) is 0 Å². The highest BCUT2D eigenvalue weighted by molar-refractivity contribution is 5.80. The second-order valence-electron chi connectivity index (χ2n) is 6.38. The molecule has 4 atom stereocenters. The molecule has 0 amide bonds. The smallest absolute Gasteiger partial charge is 0.191 e. The van der Waals surface area contributed by atoms with Crippen molar-refractivity contribution >= 4 is 5.96 Å². The number of fused-ring (bicyclic) bond motifs is 2. The number of hydrogen-bond acceptors (Lipinski definition) is 2. The third-order valence-corrected chi connectivity index (χ3v) is 4.72. The molecule has 0 spiro atoms. The third-order valence-electron chi connectivity index (χ3n) is 4.72. The number of nitrogens with one attached hydrogen (secondary N) is 2. The van der Waals surface area contributed by atoms with Crippen LogP contribution in [0.1, 0.15) is 37.7 Å². The van der Waals surface area contributed by atoms with Gasteiger partial charge in [0.25, 0.3) is 0 Å². The average molecular weight is 323 g/mol.